The van der Waals surface area contributed by atoms with Crippen LogP contribution >= 0.6 is 31.9 Å². The topological polar surface area (TPSA) is 25.2 Å². The van der Waals surface area contributed by atoms with Gasteiger partial charge in [0.25, 0.3) is 0 Å². The first kappa shape index (κ1) is 12.9. The number of nitrogens with one attached hydrogen (secondary N) is 1. The Balaban J connectivity index is 2.42. The lowest BCUT2D eigenvalue weighted by molar-refractivity contribution is 0.446. The van der Waals surface area contributed by atoms with Gasteiger partial charge in [-0.3, -0.25) is 0 Å². The van der Waals surface area contributed by atoms with Gasteiger partial charge in [0, 0.05) is 4.47 Å². The fraction of sp³-hybridized carbons (Fsp3) is 0.231. The van der Waals surface area contributed by atoms with Gasteiger partial charge in [0.1, 0.15) is 5.76 Å². The van der Waals surface area contributed by atoms with Gasteiger partial charge in [-0.1, -0.05) is 28.1 Å². The summed E-state index contributed by atoms with van der Waals surface area (Å²) < 4.78 is 7.44. The molecular weight excluding hydrogens is 346 g/mol. The predicted octanol–water partition coefficient (Wildman–Crippen LogP) is 4.42. The third-order valence-electron chi connectivity index (χ3n) is 2.63. The van der Waals surface area contributed by atoms with Crippen LogP contribution in [0.2, 0.25) is 0 Å². The third-order valence-corrected chi connectivity index (χ3v) is 3.75. The maximum atomic E-state index is 5.61. The third kappa shape index (κ3) is 2.81. The number of furan rings is 1. The fourth-order valence-electron chi connectivity index (χ4n) is 1.80. The Labute approximate surface area is 118 Å². The minimum Gasteiger partial charge on any atom is -0.452 e. The van der Waals surface area contributed by atoms with E-state index in [1.165, 1.54) is 11.1 Å². The smallest absolute Gasteiger partial charge is 0.169 e. The number of benzene rings is 1. The molecule has 0 saturated carbocycles. The van der Waals surface area contributed by atoms with E-state index in [4.69, 9.17) is 4.42 Å². The monoisotopic (exact) mass is 357 g/mol. The van der Waals surface area contributed by atoms with Crippen LogP contribution < -0.4 is 5.32 Å². The summed E-state index contributed by atoms with van der Waals surface area (Å²) in [6.45, 7) is 2.08. The van der Waals surface area contributed by atoms with Crippen LogP contribution in [0.4, 0.5) is 0 Å². The average Bonchev–Trinajstić information content (AvgIpc) is 2.69. The van der Waals surface area contributed by atoms with Gasteiger partial charge >= 0.3 is 0 Å². The molecule has 0 radical (unpaired) electrons. The molecule has 0 aliphatic carbocycles. The van der Waals surface area contributed by atoms with Crippen molar-refractivity contribution in [3.8, 4) is 0 Å². The average molecular weight is 359 g/mol. The van der Waals surface area contributed by atoms with Crippen molar-refractivity contribution in [3.05, 3.63) is 56.4 Å². The zero-order chi connectivity index (χ0) is 12.4. The van der Waals surface area contributed by atoms with Gasteiger partial charge in [-0.2, -0.15) is 0 Å². The number of hydrogen-bond acceptors (Lipinski definition) is 2. The second kappa shape index (κ2) is 5.38. The minimum absolute atomic E-state index is 0.0521. The maximum absolute atomic E-state index is 5.61. The molecule has 2 nitrogen and oxygen atoms in total. The molecule has 1 aromatic carbocycles. The van der Waals surface area contributed by atoms with Gasteiger partial charge in [0.15, 0.2) is 4.67 Å². The van der Waals surface area contributed by atoms with E-state index in [1.54, 1.807) is 0 Å². The quantitative estimate of drug-likeness (QED) is 0.878. The van der Waals surface area contributed by atoms with E-state index in [-0.39, 0.29) is 6.04 Å². The molecule has 4 heteroatoms. The molecule has 1 atom stereocenters. The molecule has 1 aromatic heterocycles. The Morgan fingerprint density at radius 2 is 1.94 bits per heavy atom. The zero-order valence-corrected chi connectivity index (χ0v) is 12.8. The Hall–Kier alpha value is -0.580. The van der Waals surface area contributed by atoms with Crippen molar-refractivity contribution in [2.75, 3.05) is 7.05 Å². The molecule has 2 rings (SSSR count). The molecular formula is C13H13Br2NO. The van der Waals surface area contributed by atoms with Crippen molar-refractivity contribution < 1.29 is 4.42 Å². The van der Waals surface area contributed by atoms with Crippen molar-refractivity contribution in [2.45, 2.75) is 13.0 Å². The lowest BCUT2D eigenvalue weighted by atomic mass is 10.0. The summed E-state index contributed by atoms with van der Waals surface area (Å²) >= 11 is 6.93. The number of halogens is 2. The van der Waals surface area contributed by atoms with Gasteiger partial charge in [-0.05, 0) is 59.2 Å². The summed E-state index contributed by atoms with van der Waals surface area (Å²) in [5, 5.41) is 3.26. The molecule has 1 N–H and O–H groups in total. The van der Waals surface area contributed by atoms with Crippen LogP contribution in [0, 0.1) is 6.92 Å². The Kier molecular flexibility index (Phi) is 4.07. The van der Waals surface area contributed by atoms with Gasteiger partial charge < -0.3 is 9.73 Å². The normalized spacial score (nSPS) is 12.7. The molecule has 0 bridgehead atoms. The molecule has 0 saturated heterocycles. The van der Waals surface area contributed by atoms with E-state index >= 15 is 0 Å². The van der Waals surface area contributed by atoms with Crippen molar-refractivity contribution in [3.63, 3.8) is 0 Å². The lowest BCUT2D eigenvalue weighted by Crippen LogP contribution is -2.17. The van der Waals surface area contributed by atoms with E-state index in [9.17, 15) is 0 Å². The first-order valence-corrected chi connectivity index (χ1v) is 6.89. The standard InChI is InChI=1S/C13H13Br2NO/c1-8-3-4-9(10(14)7-8)13(16-2)11-5-6-12(15)17-11/h3-7,13,16H,1-2H3. The predicted molar refractivity (Wildman–Crippen MR) is 76.2 cm³/mol. The molecule has 1 heterocycles. The van der Waals surface area contributed by atoms with E-state index in [2.05, 4.69) is 62.3 Å². The van der Waals surface area contributed by atoms with E-state index < -0.39 is 0 Å². The Bertz CT molecular complexity index is 522. The van der Waals surface area contributed by atoms with Gasteiger partial charge in [-0.15, -0.1) is 0 Å². The van der Waals surface area contributed by atoms with Crippen molar-refractivity contribution in [1.82, 2.24) is 5.32 Å². The number of aryl methyl sites for hydroxylation is 1. The summed E-state index contributed by atoms with van der Waals surface area (Å²) in [5.74, 6) is 0.893. The lowest BCUT2D eigenvalue weighted by Gasteiger charge is -2.16. The molecule has 0 amide bonds. The second-order valence-corrected chi connectivity index (χ2v) is 5.52. The molecule has 0 fully saturated rings. The van der Waals surface area contributed by atoms with Crippen LogP contribution in [-0.2, 0) is 0 Å². The summed E-state index contributed by atoms with van der Waals surface area (Å²) in [6.07, 6.45) is 0. The summed E-state index contributed by atoms with van der Waals surface area (Å²) in [4.78, 5) is 0. The second-order valence-electron chi connectivity index (χ2n) is 3.89. The van der Waals surface area contributed by atoms with Crippen LogP contribution in [0.25, 0.3) is 0 Å². The van der Waals surface area contributed by atoms with E-state index in [0.29, 0.717) is 0 Å². The molecule has 2 aromatic rings. The molecule has 0 spiro atoms. The van der Waals surface area contributed by atoms with E-state index in [0.717, 1.165) is 14.9 Å². The Morgan fingerprint density at radius 1 is 1.18 bits per heavy atom. The van der Waals surface area contributed by atoms with Gasteiger partial charge in [0.2, 0.25) is 0 Å². The molecule has 0 aliphatic rings. The summed E-state index contributed by atoms with van der Waals surface area (Å²) in [6, 6.07) is 10.2. The molecule has 17 heavy (non-hydrogen) atoms. The van der Waals surface area contributed by atoms with Crippen molar-refractivity contribution in [1.29, 1.82) is 0 Å². The SMILES string of the molecule is CNC(c1ccc(Br)o1)c1ccc(C)cc1Br. The first-order valence-electron chi connectivity index (χ1n) is 5.30. The van der Waals surface area contributed by atoms with Crippen LogP contribution in [0.15, 0.2) is 43.9 Å². The van der Waals surface area contributed by atoms with Crippen molar-refractivity contribution in [2.24, 2.45) is 0 Å². The van der Waals surface area contributed by atoms with Crippen LogP contribution in [-0.4, -0.2) is 7.05 Å². The highest BCUT2D eigenvalue weighted by molar-refractivity contribution is 9.10. The Morgan fingerprint density at radius 3 is 2.47 bits per heavy atom. The fourth-order valence-corrected chi connectivity index (χ4v) is 2.84. The highest BCUT2D eigenvalue weighted by Crippen LogP contribution is 2.31. The largest absolute Gasteiger partial charge is 0.452 e. The van der Waals surface area contributed by atoms with Gasteiger partial charge in [0.05, 0.1) is 6.04 Å². The maximum Gasteiger partial charge on any atom is 0.169 e. The van der Waals surface area contributed by atoms with E-state index in [1.807, 2.05) is 19.2 Å². The number of hydrogen-bond donors (Lipinski definition) is 1. The van der Waals surface area contributed by atoms with Crippen LogP contribution in [0.3, 0.4) is 0 Å². The zero-order valence-electron chi connectivity index (χ0n) is 9.63. The highest BCUT2D eigenvalue weighted by atomic mass is 79.9. The van der Waals surface area contributed by atoms with Crippen molar-refractivity contribution >= 4 is 31.9 Å². The van der Waals surface area contributed by atoms with Crippen LogP contribution in [0.5, 0.6) is 0 Å². The minimum atomic E-state index is 0.0521. The summed E-state index contributed by atoms with van der Waals surface area (Å²) in [7, 11) is 1.92. The first-order chi connectivity index (χ1) is 8.11. The van der Waals surface area contributed by atoms with Crippen LogP contribution in [0.1, 0.15) is 22.9 Å². The molecule has 0 aliphatic heterocycles. The molecule has 1 unspecified atom stereocenters. The summed E-state index contributed by atoms with van der Waals surface area (Å²) in [5.41, 5.74) is 2.40. The molecule has 90 valence electrons. The number of rotatable bonds is 3. The highest BCUT2D eigenvalue weighted by Gasteiger charge is 2.18. The van der Waals surface area contributed by atoms with Gasteiger partial charge in [-0.25, -0.2) is 0 Å².